The molecule has 0 bridgehead atoms. The van der Waals surface area contributed by atoms with Crippen LogP contribution in [-0.4, -0.2) is 24.0 Å². The van der Waals surface area contributed by atoms with Gasteiger partial charge in [0.15, 0.2) is 5.75 Å². The van der Waals surface area contributed by atoms with Gasteiger partial charge in [-0.05, 0) is 18.2 Å². The molecule has 1 aromatic carbocycles. The number of rotatable bonds is 3. The molecule has 6 heteroatoms. The Hall–Kier alpha value is -3.07. The summed E-state index contributed by atoms with van der Waals surface area (Å²) >= 11 is 0. The SMILES string of the molecule is COC(=O)/C(C#N)=C/c1[nH]c2ccccc2c1OC(C)=O. The summed E-state index contributed by atoms with van der Waals surface area (Å²) in [5, 5.41) is 9.68. The first-order valence-corrected chi connectivity index (χ1v) is 6.06. The highest BCUT2D eigenvalue weighted by Gasteiger charge is 2.16. The Morgan fingerprint density at radius 2 is 2.05 bits per heavy atom. The van der Waals surface area contributed by atoms with Gasteiger partial charge in [-0.25, -0.2) is 4.79 Å². The van der Waals surface area contributed by atoms with Crippen molar-refractivity contribution in [1.82, 2.24) is 4.98 Å². The van der Waals surface area contributed by atoms with Crippen LogP contribution in [0.1, 0.15) is 12.6 Å². The number of para-hydroxylation sites is 1. The van der Waals surface area contributed by atoms with Gasteiger partial charge in [-0.3, -0.25) is 4.79 Å². The molecule has 6 nitrogen and oxygen atoms in total. The smallest absolute Gasteiger partial charge is 0.348 e. The predicted molar refractivity (Wildman–Crippen MR) is 75.2 cm³/mol. The number of aromatic amines is 1. The Morgan fingerprint density at radius 3 is 2.67 bits per heavy atom. The van der Waals surface area contributed by atoms with E-state index in [1.807, 2.05) is 6.07 Å². The molecule has 0 atom stereocenters. The van der Waals surface area contributed by atoms with Gasteiger partial charge in [0.1, 0.15) is 11.6 Å². The number of nitriles is 1. The molecule has 1 heterocycles. The lowest BCUT2D eigenvalue weighted by Crippen LogP contribution is -2.04. The fourth-order valence-corrected chi connectivity index (χ4v) is 1.88. The lowest BCUT2D eigenvalue weighted by Gasteiger charge is -2.01. The molecule has 2 rings (SSSR count). The molecule has 0 fully saturated rings. The molecule has 0 aliphatic heterocycles. The molecule has 0 spiro atoms. The third-order valence-corrected chi connectivity index (χ3v) is 2.75. The molecule has 0 unspecified atom stereocenters. The first-order valence-electron chi connectivity index (χ1n) is 6.06. The van der Waals surface area contributed by atoms with Crippen LogP contribution in [0, 0.1) is 11.3 Å². The number of ether oxygens (including phenoxy) is 2. The molecule has 0 radical (unpaired) electrons. The van der Waals surface area contributed by atoms with Crippen LogP contribution in [-0.2, 0) is 14.3 Å². The van der Waals surface area contributed by atoms with Crippen LogP contribution < -0.4 is 4.74 Å². The number of hydrogen-bond donors (Lipinski definition) is 1. The van der Waals surface area contributed by atoms with E-state index in [0.29, 0.717) is 11.1 Å². The number of H-pyrrole nitrogens is 1. The van der Waals surface area contributed by atoms with E-state index in [-0.39, 0.29) is 11.3 Å². The molecular formula is C15H12N2O4. The molecule has 106 valence electrons. The van der Waals surface area contributed by atoms with Crippen molar-refractivity contribution in [2.24, 2.45) is 0 Å². The number of nitrogens with one attached hydrogen (secondary N) is 1. The summed E-state index contributed by atoms with van der Waals surface area (Å²) < 4.78 is 9.70. The van der Waals surface area contributed by atoms with Crippen molar-refractivity contribution in [3.63, 3.8) is 0 Å². The maximum atomic E-state index is 11.5. The van der Waals surface area contributed by atoms with Crippen molar-refractivity contribution < 1.29 is 19.1 Å². The second kappa shape index (κ2) is 5.92. The van der Waals surface area contributed by atoms with E-state index in [1.54, 1.807) is 24.3 Å². The number of aromatic nitrogens is 1. The van der Waals surface area contributed by atoms with Crippen molar-refractivity contribution in [1.29, 1.82) is 5.26 Å². The Morgan fingerprint density at radius 1 is 1.33 bits per heavy atom. The first kappa shape index (κ1) is 14.3. The molecular weight excluding hydrogens is 272 g/mol. The van der Waals surface area contributed by atoms with Gasteiger partial charge in [0, 0.05) is 17.8 Å². The minimum Gasteiger partial charge on any atom is -0.465 e. The quantitative estimate of drug-likeness (QED) is 0.529. The Labute approximate surface area is 120 Å². The van der Waals surface area contributed by atoms with Gasteiger partial charge in [-0.1, -0.05) is 12.1 Å². The highest BCUT2D eigenvalue weighted by molar-refractivity contribution is 6.00. The lowest BCUT2D eigenvalue weighted by molar-refractivity contribution is -0.135. The lowest BCUT2D eigenvalue weighted by atomic mass is 10.2. The molecule has 21 heavy (non-hydrogen) atoms. The van der Waals surface area contributed by atoms with E-state index >= 15 is 0 Å². The monoisotopic (exact) mass is 284 g/mol. The molecule has 1 N–H and O–H groups in total. The van der Waals surface area contributed by atoms with Gasteiger partial charge < -0.3 is 14.5 Å². The van der Waals surface area contributed by atoms with Crippen LogP contribution in [0.3, 0.4) is 0 Å². The van der Waals surface area contributed by atoms with Gasteiger partial charge in [0.25, 0.3) is 0 Å². The normalized spacial score (nSPS) is 11.0. The number of carbonyl (C=O) groups excluding carboxylic acids is 2. The number of nitrogens with zero attached hydrogens (tertiary/aromatic N) is 1. The minimum absolute atomic E-state index is 0.197. The fraction of sp³-hybridized carbons (Fsp3) is 0.133. The zero-order valence-corrected chi connectivity index (χ0v) is 11.5. The third kappa shape index (κ3) is 2.92. The van der Waals surface area contributed by atoms with Gasteiger partial charge >= 0.3 is 11.9 Å². The topological polar surface area (TPSA) is 92.2 Å². The summed E-state index contributed by atoms with van der Waals surface area (Å²) in [6.45, 7) is 1.28. The largest absolute Gasteiger partial charge is 0.465 e. The van der Waals surface area contributed by atoms with Crippen molar-refractivity contribution in [3.8, 4) is 11.8 Å². The fourth-order valence-electron chi connectivity index (χ4n) is 1.88. The van der Waals surface area contributed by atoms with Crippen LogP contribution in [0.4, 0.5) is 0 Å². The maximum absolute atomic E-state index is 11.5. The number of fused-ring (bicyclic) bond motifs is 1. The second-order valence-electron chi connectivity index (χ2n) is 4.17. The Kier molecular flexibility index (Phi) is 4.05. The number of hydrogen-bond acceptors (Lipinski definition) is 5. The van der Waals surface area contributed by atoms with E-state index in [4.69, 9.17) is 10.00 Å². The average molecular weight is 284 g/mol. The average Bonchev–Trinajstić information content (AvgIpc) is 2.81. The Balaban J connectivity index is 2.62. The van der Waals surface area contributed by atoms with Gasteiger partial charge in [-0.2, -0.15) is 5.26 Å². The van der Waals surface area contributed by atoms with Crippen molar-refractivity contribution in [2.75, 3.05) is 7.11 Å². The van der Waals surface area contributed by atoms with E-state index in [9.17, 15) is 9.59 Å². The summed E-state index contributed by atoms with van der Waals surface area (Å²) in [7, 11) is 1.19. The molecule has 0 aliphatic carbocycles. The van der Waals surface area contributed by atoms with Crippen LogP contribution in [0.15, 0.2) is 29.8 Å². The third-order valence-electron chi connectivity index (χ3n) is 2.75. The standard InChI is InChI=1S/C15H12N2O4/c1-9(18)21-14-11-5-3-4-6-12(11)17-13(14)7-10(8-16)15(19)20-2/h3-7,17H,1-2H3/b10-7+. The van der Waals surface area contributed by atoms with E-state index in [0.717, 1.165) is 5.52 Å². The number of methoxy groups -OCH3 is 1. The summed E-state index contributed by atoms with van der Waals surface area (Å²) in [5.41, 5.74) is 0.882. The molecule has 0 saturated heterocycles. The summed E-state index contributed by atoms with van der Waals surface area (Å²) in [4.78, 5) is 25.7. The van der Waals surface area contributed by atoms with Crippen LogP contribution in [0.5, 0.6) is 5.75 Å². The second-order valence-corrected chi connectivity index (χ2v) is 4.17. The minimum atomic E-state index is -0.759. The highest BCUT2D eigenvalue weighted by atomic mass is 16.5. The van der Waals surface area contributed by atoms with Crippen molar-refractivity contribution >= 4 is 28.9 Å². The summed E-state index contributed by atoms with van der Waals surface area (Å²) in [5.74, 6) is -0.981. The maximum Gasteiger partial charge on any atom is 0.348 e. The van der Waals surface area contributed by atoms with E-state index in [2.05, 4.69) is 9.72 Å². The molecule has 1 aromatic heterocycles. The highest BCUT2D eigenvalue weighted by Crippen LogP contribution is 2.31. The van der Waals surface area contributed by atoms with Gasteiger partial charge in [-0.15, -0.1) is 0 Å². The van der Waals surface area contributed by atoms with Crippen LogP contribution in [0.2, 0.25) is 0 Å². The van der Waals surface area contributed by atoms with E-state index < -0.39 is 11.9 Å². The first-order chi connectivity index (χ1) is 10.1. The Bertz CT molecular complexity index is 781. The predicted octanol–water partition coefficient (Wildman–Crippen LogP) is 2.17. The van der Waals surface area contributed by atoms with Gasteiger partial charge in [0.05, 0.1) is 12.8 Å². The van der Waals surface area contributed by atoms with Crippen molar-refractivity contribution in [3.05, 3.63) is 35.5 Å². The summed E-state index contributed by atoms with van der Waals surface area (Å²) in [6, 6.07) is 8.93. The zero-order valence-electron chi connectivity index (χ0n) is 11.5. The van der Waals surface area contributed by atoms with Crippen LogP contribution in [0.25, 0.3) is 17.0 Å². The molecule has 0 saturated carbocycles. The molecule has 0 amide bonds. The number of benzene rings is 1. The van der Waals surface area contributed by atoms with Crippen LogP contribution >= 0.6 is 0 Å². The summed E-state index contributed by atoms with van der Waals surface area (Å²) in [6.07, 6.45) is 1.30. The van der Waals surface area contributed by atoms with Crippen molar-refractivity contribution in [2.45, 2.75) is 6.92 Å². The van der Waals surface area contributed by atoms with E-state index in [1.165, 1.54) is 20.1 Å². The number of carbonyl (C=O) groups is 2. The number of esters is 2. The molecule has 0 aliphatic rings. The zero-order chi connectivity index (χ0) is 15.4. The molecule has 2 aromatic rings. The van der Waals surface area contributed by atoms with Gasteiger partial charge in [0.2, 0.25) is 0 Å².